The van der Waals surface area contributed by atoms with Crippen LogP contribution in [0.4, 0.5) is 43.8 Å². The Morgan fingerprint density at radius 3 is 2.37 bits per heavy atom. The van der Waals surface area contributed by atoms with E-state index in [1.165, 1.54) is 35.0 Å². The second kappa shape index (κ2) is 10.9. The highest BCUT2D eigenvalue weighted by atomic mass is 19.4. The predicted molar refractivity (Wildman–Crippen MR) is 130 cm³/mol. The molecule has 0 saturated carbocycles. The standard InChI is InChI=1S/C23H22F6N8O4/c24-22(25,26)19-14(9-30-15-11-36-12-18(37(38)39)32-21(36)40-13-15)10-31-20(33-19)35-7-5-34(6-8-35)16-1-3-17(4-2-16)41-23(27,28)29/h1-4,10,12,15,30H,5-9,11,13H2. The fourth-order valence-corrected chi connectivity index (χ4v) is 4.51. The van der Waals surface area contributed by atoms with Crippen molar-refractivity contribution in [3.63, 3.8) is 0 Å². The van der Waals surface area contributed by atoms with Gasteiger partial charge in [-0.15, -0.1) is 13.2 Å². The molecule has 1 atom stereocenters. The van der Waals surface area contributed by atoms with Crippen molar-refractivity contribution < 1.29 is 40.7 Å². The first-order valence-corrected chi connectivity index (χ1v) is 12.2. The van der Waals surface area contributed by atoms with E-state index in [0.29, 0.717) is 18.8 Å². The Hall–Kier alpha value is -4.35. The van der Waals surface area contributed by atoms with Gasteiger partial charge in [0.2, 0.25) is 5.95 Å². The van der Waals surface area contributed by atoms with Gasteiger partial charge in [0.15, 0.2) is 5.69 Å². The van der Waals surface area contributed by atoms with Crippen molar-refractivity contribution in [1.29, 1.82) is 0 Å². The summed E-state index contributed by atoms with van der Waals surface area (Å²) in [6.45, 7) is 1.36. The molecule has 1 unspecified atom stereocenters. The summed E-state index contributed by atoms with van der Waals surface area (Å²) in [4.78, 5) is 25.4. The van der Waals surface area contributed by atoms with Gasteiger partial charge in [-0.2, -0.15) is 13.2 Å². The number of rotatable bonds is 7. The summed E-state index contributed by atoms with van der Waals surface area (Å²) in [5, 5.41) is 13.9. The maximum Gasteiger partial charge on any atom is 0.573 e. The third-order valence-corrected chi connectivity index (χ3v) is 6.44. The molecule has 0 bridgehead atoms. The molecule has 1 N–H and O–H groups in total. The Labute approximate surface area is 227 Å². The number of aromatic nitrogens is 4. The number of ether oxygens (including phenoxy) is 2. The van der Waals surface area contributed by atoms with Crippen molar-refractivity contribution in [2.24, 2.45) is 0 Å². The first kappa shape index (κ1) is 28.2. The van der Waals surface area contributed by atoms with Gasteiger partial charge < -0.3 is 34.7 Å². The van der Waals surface area contributed by atoms with Crippen LogP contribution in [0.25, 0.3) is 0 Å². The summed E-state index contributed by atoms with van der Waals surface area (Å²) in [5.41, 5.74) is -0.626. The molecule has 3 aromatic rings. The fraction of sp³-hybridized carbons (Fsp3) is 0.435. The van der Waals surface area contributed by atoms with Crippen LogP contribution in [0, 0.1) is 10.1 Å². The summed E-state index contributed by atoms with van der Waals surface area (Å²) in [6, 6.07) is 4.95. The lowest BCUT2D eigenvalue weighted by molar-refractivity contribution is -0.389. The highest BCUT2D eigenvalue weighted by Crippen LogP contribution is 2.32. The Morgan fingerprint density at radius 2 is 1.73 bits per heavy atom. The molecule has 1 saturated heterocycles. The molecule has 1 aromatic carbocycles. The van der Waals surface area contributed by atoms with E-state index in [0.717, 1.165) is 6.20 Å². The molecule has 0 amide bonds. The molecule has 5 rings (SSSR count). The molecule has 0 aliphatic carbocycles. The van der Waals surface area contributed by atoms with Crippen LogP contribution in [0.15, 0.2) is 36.7 Å². The molecule has 0 radical (unpaired) electrons. The lowest BCUT2D eigenvalue weighted by Crippen LogP contribution is -2.47. The molecule has 0 spiro atoms. The quantitative estimate of drug-likeness (QED) is 0.250. The van der Waals surface area contributed by atoms with Crippen molar-refractivity contribution in [2.75, 3.05) is 42.6 Å². The summed E-state index contributed by atoms with van der Waals surface area (Å²) >= 11 is 0. The van der Waals surface area contributed by atoms with Crippen molar-refractivity contribution >= 4 is 17.5 Å². The van der Waals surface area contributed by atoms with E-state index in [1.807, 2.05) is 4.90 Å². The second-order valence-corrected chi connectivity index (χ2v) is 9.24. The molecule has 220 valence electrons. The SMILES string of the molecule is O=[N+]([O-])c1cn2c(n1)OCC(NCc1cnc(N3CCN(c4ccc(OC(F)(F)F)cc4)CC3)nc1C(F)(F)F)C2. The minimum atomic E-state index is -4.80. The van der Waals surface area contributed by atoms with Gasteiger partial charge in [-0.25, -0.2) is 9.97 Å². The van der Waals surface area contributed by atoms with Crippen LogP contribution in [0.3, 0.4) is 0 Å². The third kappa shape index (κ3) is 6.69. The normalized spacial score (nSPS) is 17.7. The van der Waals surface area contributed by atoms with Crippen LogP contribution in [0.5, 0.6) is 11.8 Å². The number of nitrogens with one attached hydrogen (secondary N) is 1. The van der Waals surface area contributed by atoms with Crippen molar-refractivity contribution in [3.8, 4) is 11.8 Å². The predicted octanol–water partition coefficient (Wildman–Crippen LogP) is 3.38. The van der Waals surface area contributed by atoms with E-state index in [-0.39, 0.29) is 56.1 Å². The minimum Gasteiger partial charge on any atom is -0.444 e. The number of piperazine rings is 1. The number of anilines is 2. The largest absolute Gasteiger partial charge is 0.573 e. The van der Waals surface area contributed by atoms with Crippen LogP contribution < -0.4 is 24.6 Å². The Morgan fingerprint density at radius 1 is 1.05 bits per heavy atom. The average Bonchev–Trinajstić information content (AvgIpc) is 3.35. The van der Waals surface area contributed by atoms with Gasteiger partial charge in [0.1, 0.15) is 18.6 Å². The molecular weight excluding hydrogens is 566 g/mol. The van der Waals surface area contributed by atoms with Gasteiger partial charge in [-0.3, -0.25) is 4.57 Å². The molecule has 41 heavy (non-hydrogen) atoms. The average molecular weight is 588 g/mol. The lowest BCUT2D eigenvalue weighted by atomic mass is 10.2. The Balaban J connectivity index is 1.21. The first-order chi connectivity index (χ1) is 19.4. The van der Waals surface area contributed by atoms with Gasteiger partial charge in [0.05, 0.1) is 6.04 Å². The number of halogens is 6. The first-order valence-electron chi connectivity index (χ1n) is 12.2. The van der Waals surface area contributed by atoms with Crippen LogP contribution in [0.2, 0.25) is 0 Å². The highest BCUT2D eigenvalue weighted by Gasteiger charge is 2.37. The van der Waals surface area contributed by atoms with Crippen molar-refractivity contribution in [3.05, 3.63) is 58.0 Å². The summed E-state index contributed by atoms with van der Waals surface area (Å²) in [5.74, 6) is -0.835. The molecule has 2 aliphatic rings. The zero-order valence-electron chi connectivity index (χ0n) is 21.0. The number of fused-ring (bicyclic) bond motifs is 1. The zero-order chi connectivity index (χ0) is 29.4. The van der Waals surface area contributed by atoms with Crippen molar-refractivity contribution in [1.82, 2.24) is 24.8 Å². The second-order valence-electron chi connectivity index (χ2n) is 9.24. The maximum absolute atomic E-state index is 13.9. The Kier molecular flexibility index (Phi) is 7.50. The Bertz CT molecular complexity index is 1390. The maximum atomic E-state index is 13.9. The molecule has 2 aromatic heterocycles. The molecule has 1 fully saturated rings. The molecule has 12 nitrogen and oxygen atoms in total. The number of imidazole rings is 1. The van der Waals surface area contributed by atoms with Crippen LogP contribution >= 0.6 is 0 Å². The third-order valence-electron chi connectivity index (χ3n) is 6.44. The van der Waals surface area contributed by atoms with Crippen LogP contribution in [0.1, 0.15) is 11.3 Å². The van der Waals surface area contributed by atoms with E-state index in [2.05, 4.69) is 25.0 Å². The summed E-state index contributed by atoms with van der Waals surface area (Å²) < 4.78 is 89.6. The van der Waals surface area contributed by atoms with Crippen LogP contribution in [-0.2, 0) is 19.3 Å². The number of benzene rings is 1. The van der Waals surface area contributed by atoms with E-state index >= 15 is 0 Å². The van der Waals surface area contributed by atoms with E-state index in [1.54, 1.807) is 4.90 Å². The number of nitrogens with zero attached hydrogens (tertiary/aromatic N) is 7. The van der Waals surface area contributed by atoms with Gasteiger partial charge in [0.25, 0.3) is 0 Å². The number of nitro groups is 1. The molecule has 2 aliphatic heterocycles. The van der Waals surface area contributed by atoms with Gasteiger partial charge in [0, 0.05) is 61.7 Å². The van der Waals surface area contributed by atoms with Gasteiger partial charge >= 0.3 is 24.4 Å². The number of hydrogen-bond donors (Lipinski definition) is 1. The smallest absolute Gasteiger partial charge is 0.444 e. The van der Waals surface area contributed by atoms with Crippen molar-refractivity contribution in [2.45, 2.75) is 31.7 Å². The number of alkyl halides is 6. The van der Waals surface area contributed by atoms with E-state index < -0.39 is 35.0 Å². The van der Waals surface area contributed by atoms with Gasteiger partial charge in [-0.1, -0.05) is 0 Å². The van der Waals surface area contributed by atoms with E-state index in [9.17, 15) is 36.5 Å². The molecular formula is C23H22F6N8O4. The monoisotopic (exact) mass is 588 g/mol. The topological polar surface area (TPSA) is 124 Å². The summed E-state index contributed by atoms with van der Waals surface area (Å²) in [7, 11) is 0. The van der Waals surface area contributed by atoms with Gasteiger partial charge in [-0.05, 0) is 29.2 Å². The highest BCUT2D eigenvalue weighted by molar-refractivity contribution is 5.51. The van der Waals surface area contributed by atoms with Crippen LogP contribution in [-0.4, -0.2) is 69.6 Å². The fourth-order valence-electron chi connectivity index (χ4n) is 4.51. The summed E-state index contributed by atoms with van der Waals surface area (Å²) in [6.07, 6.45) is -7.24. The molecule has 4 heterocycles. The lowest BCUT2D eigenvalue weighted by Gasteiger charge is -2.36. The zero-order valence-corrected chi connectivity index (χ0v) is 21.0. The molecule has 18 heteroatoms. The van der Waals surface area contributed by atoms with E-state index in [4.69, 9.17) is 4.74 Å². The minimum absolute atomic E-state index is 0.0524. The number of hydrogen-bond acceptors (Lipinski definition) is 10.